The average molecular weight is 434 g/mol. The van der Waals surface area contributed by atoms with Crippen LogP contribution in [0.5, 0.6) is 0 Å². The first-order chi connectivity index (χ1) is 15.0. The van der Waals surface area contributed by atoms with Gasteiger partial charge in [0, 0.05) is 23.8 Å². The number of nitrogens with one attached hydrogen (secondary N) is 1. The Morgan fingerprint density at radius 3 is 2.55 bits per heavy atom. The lowest BCUT2D eigenvalue weighted by Gasteiger charge is -2.08. The van der Waals surface area contributed by atoms with Crippen LogP contribution in [0.4, 0.5) is 5.69 Å². The first-order valence-corrected chi connectivity index (χ1v) is 11.0. The first-order valence-electron chi connectivity index (χ1n) is 10.0. The summed E-state index contributed by atoms with van der Waals surface area (Å²) >= 11 is 1.50. The molecule has 1 amide bonds. The Balaban J connectivity index is 1.49. The zero-order valence-electron chi connectivity index (χ0n) is 17.4. The predicted molar refractivity (Wildman–Crippen MR) is 122 cm³/mol. The van der Waals surface area contributed by atoms with E-state index in [0.717, 1.165) is 5.56 Å². The van der Waals surface area contributed by atoms with Gasteiger partial charge in [-0.25, -0.2) is 18.9 Å². The van der Waals surface area contributed by atoms with Crippen LogP contribution in [-0.4, -0.2) is 25.1 Å². The number of amides is 1. The van der Waals surface area contributed by atoms with Crippen LogP contribution in [0.1, 0.15) is 30.9 Å². The molecule has 0 unspecified atom stereocenters. The van der Waals surface area contributed by atoms with Crippen molar-refractivity contribution in [1.29, 1.82) is 0 Å². The van der Waals surface area contributed by atoms with E-state index in [1.54, 1.807) is 12.4 Å². The monoisotopic (exact) mass is 433 g/mol. The molecule has 2 aromatic heterocycles. The number of aromatic nitrogens is 4. The fourth-order valence-electron chi connectivity index (χ4n) is 3.14. The highest BCUT2D eigenvalue weighted by Crippen LogP contribution is 2.23. The number of benzene rings is 2. The lowest BCUT2D eigenvalue weighted by Crippen LogP contribution is -2.28. The highest BCUT2D eigenvalue weighted by Gasteiger charge is 2.15. The second-order valence-corrected chi connectivity index (χ2v) is 8.43. The third-order valence-electron chi connectivity index (χ3n) is 4.84. The molecule has 8 heteroatoms. The second-order valence-electron chi connectivity index (χ2n) is 7.47. The number of fused-ring (bicyclic) bond motifs is 1. The molecule has 0 saturated heterocycles. The van der Waals surface area contributed by atoms with Crippen LogP contribution in [0.25, 0.3) is 5.65 Å². The lowest BCUT2D eigenvalue weighted by atomic mass is 10.0. The minimum Gasteiger partial charge on any atom is -0.324 e. The molecular weight excluding hydrogens is 410 g/mol. The highest BCUT2D eigenvalue weighted by molar-refractivity contribution is 7.98. The van der Waals surface area contributed by atoms with Crippen LogP contribution in [0.3, 0.4) is 0 Å². The molecule has 0 aliphatic heterocycles. The van der Waals surface area contributed by atoms with Gasteiger partial charge in [-0.1, -0.05) is 68.1 Å². The number of carbonyl (C=O) groups excluding carboxylic acids is 1. The molecule has 0 aliphatic rings. The molecule has 158 valence electrons. The van der Waals surface area contributed by atoms with Gasteiger partial charge in [0.2, 0.25) is 5.91 Å². The molecule has 1 N–H and O–H groups in total. The Hall–Kier alpha value is -3.39. The number of nitrogens with zero attached hydrogens (tertiary/aromatic N) is 4. The summed E-state index contributed by atoms with van der Waals surface area (Å²) in [5.74, 6) is 0.819. The third kappa shape index (κ3) is 4.86. The van der Waals surface area contributed by atoms with Crippen molar-refractivity contribution in [2.24, 2.45) is 0 Å². The molecule has 4 aromatic rings. The van der Waals surface area contributed by atoms with Gasteiger partial charge in [-0.15, -0.1) is 5.10 Å². The van der Waals surface area contributed by atoms with E-state index in [1.807, 2.05) is 54.6 Å². The fourth-order valence-corrected chi connectivity index (χ4v) is 4.04. The van der Waals surface area contributed by atoms with Crippen molar-refractivity contribution in [2.75, 3.05) is 5.32 Å². The molecule has 0 bridgehead atoms. The number of hydrogen-bond acceptors (Lipinski definition) is 5. The molecule has 2 heterocycles. The minimum absolute atomic E-state index is 0.171. The van der Waals surface area contributed by atoms with Crippen LogP contribution in [0, 0.1) is 0 Å². The summed E-state index contributed by atoms with van der Waals surface area (Å²) in [5.41, 5.74) is 3.11. The van der Waals surface area contributed by atoms with Crippen LogP contribution < -0.4 is 11.0 Å². The smallest absolute Gasteiger partial charge is 0.324 e. The number of hydrogen-bond donors (Lipinski definition) is 1. The van der Waals surface area contributed by atoms with Gasteiger partial charge in [-0.2, -0.15) is 0 Å². The standard InChI is InChI=1S/C23H23N5O2S/c1-16(2)18-8-10-19(11-9-18)25-20(29)14-28-23(30)27-13-12-24-22(21(27)26-28)31-15-17-6-4-3-5-7-17/h3-13,16H,14-15H2,1-2H3,(H,25,29). The second kappa shape index (κ2) is 9.18. The van der Waals surface area contributed by atoms with E-state index in [0.29, 0.717) is 28.0 Å². The van der Waals surface area contributed by atoms with E-state index in [2.05, 4.69) is 29.2 Å². The summed E-state index contributed by atoms with van der Waals surface area (Å²) in [7, 11) is 0. The summed E-state index contributed by atoms with van der Waals surface area (Å²) in [6.07, 6.45) is 3.14. The molecule has 4 rings (SSSR count). The molecule has 31 heavy (non-hydrogen) atoms. The maximum Gasteiger partial charge on any atom is 0.350 e. The molecule has 0 aliphatic carbocycles. The van der Waals surface area contributed by atoms with Gasteiger partial charge in [0.1, 0.15) is 11.6 Å². The van der Waals surface area contributed by atoms with Crippen molar-refractivity contribution >= 4 is 29.0 Å². The summed E-state index contributed by atoms with van der Waals surface area (Å²) in [5, 5.41) is 7.83. The van der Waals surface area contributed by atoms with E-state index in [9.17, 15) is 9.59 Å². The van der Waals surface area contributed by atoms with Crippen LogP contribution in [-0.2, 0) is 17.1 Å². The molecule has 2 aromatic carbocycles. The number of carbonyl (C=O) groups is 1. The van der Waals surface area contributed by atoms with Crippen molar-refractivity contribution < 1.29 is 4.79 Å². The van der Waals surface area contributed by atoms with Gasteiger partial charge in [0.25, 0.3) is 0 Å². The topological polar surface area (TPSA) is 81.3 Å². The van der Waals surface area contributed by atoms with E-state index in [4.69, 9.17) is 0 Å². The molecule has 0 saturated carbocycles. The molecule has 0 radical (unpaired) electrons. The minimum atomic E-state index is -0.371. The molecule has 0 spiro atoms. The Morgan fingerprint density at radius 2 is 1.84 bits per heavy atom. The summed E-state index contributed by atoms with van der Waals surface area (Å²) in [6, 6.07) is 17.7. The van der Waals surface area contributed by atoms with Crippen molar-refractivity contribution in [3.05, 3.63) is 88.6 Å². The molecule has 0 fully saturated rings. The lowest BCUT2D eigenvalue weighted by molar-refractivity contribution is -0.117. The van der Waals surface area contributed by atoms with Crippen LogP contribution in [0.15, 0.2) is 76.8 Å². The largest absolute Gasteiger partial charge is 0.350 e. The van der Waals surface area contributed by atoms with Crippen molar-refractivity contribution in [2.45, 2.75) is 37.1 Å². The number of rotatable bonds is 7. The van der Waals surface area contributed by atoms with Gasteiger partial charge in [-0.3, -0.25) is 4.79 Å². The van der Waals surface area contributed by atoms with E-state index in [-0.39, 0.29) is 18.1 Å². The summed E-state index contributed by atoms with van der Waals surface area (Å²) in [6.45, 7) is 4.06. The van der Waals surface area contributed by atoms with Gasteiger partial charge in [0.15, 0.2) is 5.65 Å². The van der Waals surface area contributed by atoms with Gasteiger partial charge in [0.05, 0.1) is 0 Å². The number of anilines is 1. The van der Waals surface area contributed by atoms with Gasteiger partial charge in [-0.05, 0) is 29.2 Å². The van der Waals surface area contributed by atoms with Crippen molar-refractivity contribution in [3.8, 4) is 0 Å². The maximum atomic E-state index is 12.7. The zero-order chi connectivity index (χ0) is 21.8. The van der Waals surface area contributed by atoms with E-state index < -0.39 is 0 Å². The Labute approximate surface area is 184 Å². The molecular formula is C23H23N5O2S. The van der Waals surface area contributed by atoms with E-state index >= 15 is 0 Å². The maximum absolute atomic E-state index is 12.7. The zero-order valence-corrected chi connectivity index (χ0v) is 18.2. The quantitative estimate of drug-likeness (QED) is 0.447. The van der Waals surface area contributed by atoms with Gasteiger partial charge < -0.3 is 5.32 Å². The molecule has 0 atom stereocenters. The SMILES string of the molecule is CC(C)c1ccc(NC(=O)Cn2nc3c(SCc4ccccc4)nccn3c2=O)cc1. The van der Waals surface area contributed by atoms with Crippen LogP contribution in [0.2, 0.25) is 0 Å². The van der Waals surface area contributed by atoms with Gasteiger partial charge >= 0.3 is 5.69 Å². The Kier molecular flexibility index (Phi) is 6.18. The average Bonchev–Trinajstić information content (AvgIpc) is 3.09. The Bertz CT molecular complexity index is 1250. The number of thioether (sulfide) groups is 1. The normalized spacial score (nSPS) is 11.2. The van der Waals surface area contributed by atoms with Crippen molar-refractivity contribution in [3.63, 3.8) is 0 Å². The summed E-state index contributed by atoms with van der Waals surface area (Å²) < 4.78 is 2.59. The van der Waals surface area contributed by atoms with E-state index in [1.165, 1.54) is 26.4 Å². The predicted octanol–water partition coefficient (Wildman–Crippen LogP) is 3.95. The fraction of sp³-hybridized carbons (Fsp3) is 0.217. The Morgan fingerprint density at radius 1 is 1.10 bits per heavy atom. The van der Waals surface area contributed by atoms with Crippen molar-refractivity contribution in [1.82, 2.24) is 19.2 Å². The highest BCUT2D eigenvalue weighted by atomic mass is 32.2. The third-order valence-corrected chi connectivity index (χ3v) is 5.88. The summed E-state index contributed by atoms with van der Waals surface area (Å²) in [4.78, 5) is 29.6. The first kappa shape index (κ1) is 20.9. The molecule has 7 nitrogen and oxygen atoms in total. The van der Waals surface area contributed by atoms with Crippen LogP contribution >= 0.6 is 11.8 Å².